The summed E-state index contributed by atoms with van der Waals surface area (Å²) in [7, 11) is 1.92. The molecular weight excluding hydrogens is 246 g/mol. The van der Waals surface area contributed by atoms with Crippen molar-refractivity contribution in [2.45, 2.75) is 96.8 Å². The first-order valence-electron chi connectivity index (χ1n) is 9.14. The largest absolute Gasteiger partial charge is 0.366 e. The molecule has 2 heteroatoms. The van der Waals surface area contributed by atoms with Gasteiger partial charge in [-0.1, -0.05) is 90.4 Å². The van der Waals surface area contributed by atoms with Gasteiger partial charge in [0.25, 0.3) is 0 Å². The second kappa shape index (κ2) is 18.9. The summed E-state index contributed by atoms with van der Waals surface area (Å²) in [5, 5.41) is 3.00. The van der Waals surface area contributed by atoms with Crippen LogP contribution in [0.1, 0.15) is 96.8 Å². The van der Waals surface area contributed by atoms with Gasteiger partial charge >= 0.3 is 0 Å². The zero-order chi connectivity index (χ0) is 14.7. The average Bonchev–Trinajstić information content (AvgIpc) is 2.47. The molecule has 2 nitrogen and oxygen atoms in total. The SMILES string of the molecule is CCCCCCCCCCCCCCCCOCNC. The Labute approximate surface area is 128 Å². The molecule has 0 bridgehead atoms. The van der Waals surface area contributed by atoms with Crippen LogP contribution in [0.4, 0.5) is 0 Å². The zero-order valence-corrected chi connectivity index (χ0v) is 14.2. The Morgan fingerprint density at radius 2 is 1.00 bits per heavy atom. The maximum absolute atomic E-state index is 5.38. The molecule has 0 rings (SSSR count). The minimum atomic E-state index is 0.693. The first-order chi connectivity index (χ1) is 9.91. The third-order valence-electron chi connectivity index (χ3n) is 3.89. The molecule has 0 aliphatic heterocycles. The molecule has 0 heterocycles. The second-order valence-electron chi connectivity index (χ2n) is 6.00. The predicted octanol–water partition coefficient (Wildman–Crippen LogP) is 5.66. The first-order valence-corrected chi connectivity index (χ1v) is 9.14. The summed E-state index contributed by atoms with van der Waals surface area (Å²) < 4.78 is 5.38. The highest BCUT2D eigenvalue weighted by molar-refractivity contribution is 4.49. The number of nitrogens with one attached hydrogen (secondary N) is 1. The average molecular weight is 286 g/mol. The maximum atomic E-state index is 5.38. The first kappa shape index (κ1) is 19.9. The number of hydrogen-bond acceptors (Lipinski definition) is 2. The molecule has 0 spiro atoms. The van der Waals surface area contributed by atoms with Crippen molar-refractivity contribution in [1.82, 2.24) is 5.32 Å². The minimum absolute atomic E-state index is 0.693. The molecule has 0 saturated carbocycles. The van der Waals surface area contributed by atoms with Crippen molar-refractivity contribution in [1.29, 1.82) is 0 Å². The van der Waals surface area contributed by atoms with Crippen LogP contribution in [0.2, 0.25) is 0 Å². The van der Waals surface area contributed by atoms with E-state index in [0.29, 0.717) is 6.73 Å². The van der Waals surface area contributed by atoms with Crippen molar-refractivity contribution in [3.8, 4) is 0 Å². The maximum Gasteiger partial charge on any atom is 0.0962 e. The monoisotopic (exact) mass is 285 g/mol. The molecule has 1 N–H and O–H groups in total. The molecule has 0 aromatic heterocycles. The Balaban J connectivity index is 2.89. The van der Waals surface area contributed by atoms with E-state index < -0.39 is 0 Å². The van der Waals surface area contributed by atoms with Gasteiger partial charge in [0, 0.05) is 6.61 Å². The van der Waals surface area contributed by atoms with Crippen molar-refractivity contribution in [3.63, 3.8) is 0 Å². The lowest BCUT2D eigenvalue weighted by molar-refractivity contribution is 0.118. The summed E-state index contributed by atoms with van der Waals surface area (Å²) in [6, 6.07) is 0. The van der Waals surface area contributed by atoms with E-state index in [1.165, 1.54) is 89.9 Å². The van der Waals surface area contributed by atoms with E-state index in [1.807, 2.05) is 7.05 Å². The third-order valence-corrected chi connectivity index (χ3v) is 3.89. The second-order valence-corrected chi connectivity index (χ2v) is 6.00. The fourth-order valence-corrected chi connectivity index (χ4v) is 2.57. The van der Waals surface area contributed by atoms with Crippen LogP contribution in [-0.4, -0.2) is 20.4 Å². The molecule has 0 amide bonds. The predicted molar refractivity (Wildman–Crippen MR) is 90.2 cm³/mol. The van der Waals surface area contributed by atoms with Crippen LogP contribution in [0.25, 0.3) is 0 Å². The van der Waals surface area contributed by atoms with Crippen LogP contribution >= 0.6 is 0 Å². The van der Waals surface area contributed by atoms with Gasteiger partial charge in [-0.25, -0.2) is 0 Å². The lowest BCUT2D eigenvalue weighted by Gasteiger charge is -2.04. The molecule has 0 fully saturated rings. The van der Waals surface area contributed by atoms with E-state index in [1.54, 1.807) is 0 Å². The molecule has 0 aromatic carbocycles. The fourth-order valence-electron chi connectivity index (χ4n) is 2.57. The topological polar surface area (TPSA) is 21.3 Å². The molecule has 0 aliphatic rings. The molecule has 0 aromatic rings. The minimum Gasteiger partial charge on any atom is -0.366 e. The van der Waals surface area contributed by atoms with Crippen molar-refractivity contribution in [2.75, 3.05) is 20.4 Å². The van der Waals surface area contributed by atoms with Crippen LogP contribution in [0, 0.1) is 0 Å². The quantitative estimate of drug-likeness (QED) is 0.275. The van der Waals surface area contributed by atoms with E-state index in [-0.39, 0.29) is 0 Å². The highest BCUT2D eigenvalue weighted by Crippen LogP contribution is 2.12. The van der Waals surface area contributed by atoms with Gasteiger partial charge in [-0.2, -0.15) is 0 Å². The summed E-state index contributed by atoms with van der Waals surface area (Å²) in [6.07, 6.45) is 19.8. The van der Waals surface area contributed by atoms with E-state index in [2.05, 4.69) is 12.2 Å². The lowest BCUT2D eigenvalue weighted by Crippen LogP contribution is -2.11. The Kier molecular flexibility index (Phi) is 18.8. The standard InChI is InChI=1S/C18H39NO/c1-3-4-5-6-7-8-9-10-11-12-13-14-15-16-17-20-18-19-2/h19H,3-18H2,1-2H3. The van der Waals surface area contributed by atoms with Gasteiger partial charge < -0.3 is 4.74 Å². The lowest BCUT2D eigenvalue weighted by atomic mass is 10.0. The molecule has 0 saturated heterocycles. The van der Waals surface area contributed by atoms with Gasteiger partial charge in [0.05, 0.1) is 6.73 Å². The van der Waals surface area contributed by atoms with Crippen LogP contribution in [0.15, 0.2) is 0 Å². The molecule has 122 valence electrons. The Morgan fingerprint density at radius 1 is 0.600 bits per heavy atom. The Morgan fingerprint density at radius 3 is 1.40 bits per heavy atom. The number of rotatable bonds is 17. The summed E-state index contributed by atoms with van der Waals surface area (Å²) in [5.74, 6) is 0. The molecule has 0 radical (unpaired) electrons. The van der Waals surface area contributed by atoms with Crippen LogP contribution in [-0.2, 0) is 4.74 Å². The molecule has 0 aliphatic carbocycles. The highest BCUT2D eigenvalue weighted by atomic mass is 16.5. The molecule has 0 unspecified atom stereocenters. The Hall–Kier alpha value is -0.0800. The molecule has 0 atom stereocenters. The smallest absolute Gasteiger partial charge is 0.0962 e. The Bertz CT molecular complexity index is 143. The summed E-state index contributed by atoms with van der Waals surface area (Å²) in [5.41, 5.74) is 0. The third kappa shape index (κ3) is 17.9. The normalized spacial score (nSPS) is 11.1. The summed E-state index contributed by atoms with van der Waals surface area (Å²) >= 11 is 0. The molecular formula is C18H39NO. The van der Waals surface area contributed by atoms with Crippen LogP contribution in [0.3, 0.4) is 0 Å². The zero-order valence-electron chi connectivity index (χ0n) is 14.2. The highest BCUT2D eigenvalue weighted by Gasteiger charge is 1.94. The van der Waals surface area contributed by atoms with Crippen molar-refractivity contribution >= 4 is 0 Å². The van der Waals surface area contributed by atoms with Crippen molar-refractivity contribution in [2.24, 2.45) is 0 Å². The van der Waals surface area contributed by atoms with Gasteiger partial charge in [0.2, 0.25) is 0 Å². The van der Waals surface area contributed by atoms with Gasteiger partial charge in [0.15, 0.2) is 0 Å². The van der Waals surface area contributed by atoms with Gasteiger partial charge in [0.1, 0.15) is 0 Å². The van der Waals surface area contributed by atoms with Crippen molar-refractivity contribution in [3.05, 3.63) is 0 Å². The van der Waals surface area contributed by atoms with E-state index in [0.717, 1.165) is 6.61 Å². The van der Waals surface area contributed by atoms with E-state index in [9.17, 15) is 0 Å². The van der Waals surface area contributed by atoms with Crippen LogP contribution < -0.4 is 5.32 Å². The van der Waals surface area contributed by atoms with Gasteiger partial charge in [-0.3, -0.25) is 5.32 Å². The van der Waals surface area contributed by atoms with E-state index >= 15 is 0 Å². The number of hydrogen-bond donors (Lipinski definition) is 1. The number of ether oxygens (including phenoxy) is 1. The number of unbranched alkanes of at least 4 members (excludes halogenated alkanes) is 13. The summed E-state index contributed by atoms with van der Waals surface area (Å²) in [6.45, 7) is 3.90. The van der Waals surface area contributed by atoms with E-state index in [4.69, 9.17) is 4.74 Å². The summed E-state index contributed by atoms with van der Waals surface area (Å²) in [4.78, 5) is 0. The van der Waals surface area contributed by atoms with Crippen molar-refractivity contribution < 1.29 is 4.74 Å². The van der Waals surface area contributed by atoms with Gasteiger partial charge in [-0.05, 0) is 13.5 Å². The van der Waals surface area contributed by atoms with Gasteiger partial charge in [-0.15, -0.1) is 0 Å². The van der Waals surface area contributed by atoms with Crippen LogP contribution in [0.5, 0.6) is 0 Å². The molecule has 20 heavy (non-hydrogen) atoms. The fraction of sp³-hybridized carbons (Fsp3) is 1.00.